The van der Waals surface area contributed by atoms with Gasteiger partial charge in [0.1, 0.15) is 17.5 Å². The van der Waals surface area contributed by atoms with Gasteiger partial charge in [0, 0.05) is 24.3 Å². The lowest BCUT2D eigenvalue weighted by molar-refractivity contribution is -0.0586. The van der Waals surface area contributed by atoms with Crippen LogP contribution >= 0.6 is 0 Å². The molecule has 2 amide bonds. The Bertz CT molecular complexity index is 892. The first kappa shape index (κ1) is 19.5. The Morgan fingerprint density at radius 3 is 2.68 bits per heavy atom. The van der Waals surface area contributed by atoms with Crippen molar-refractivity contribution in [3.05, 3.63) is 59.7 Å². The number of nitrogens with one attached hydrogen (secondary N) is 1. The number of carbonyl (C=O) groups is 1. The zero-order chi connectivity index (χ0) is 20.3. The zero-order valence-corrected chi connectivity index (χ0v) is 15.9. The van der Waals surface area contributed by atoms with E-state index in [2.05, 4.69) is 11.4 Å². The van der Waals surface area contributed by atoms with E-state index in [1.807, 2.05) is 49.1 Å². The molecule has 1 aliphatic rings. The first-order valence-corrected chi connectivity index (χ1v) is 9.09. The van der Waals surface area contributed by atoms with E-state index < -0.39 is 23.8 Å². The van der Waals surface area contributed by atoms with Crippen molar-refractivity contribution in [1.82, 2.24) is 5.32 Å². The summed E-state index contributed by atoms with van der Waals surface area (Å²) < 4.78 is 6.01. The molecule has 0 bridgehead atoms. The van der Waals surface area contributed by atoms with Gasteiger partial charge in [-0.05, 0) is 44.2 Å². The number of hydrogen-bond acceptors (Lipinski definition) is 5. The summed E-state index contributed by atoms with van der Waals surface area (Å²) in [4.78, 5) is 13.1. The minimum atomic E-state index is -0.872. The molecule has 7 heteroatoms. The molecule has 0 saturated heterocycles. The number of carbonyl (C=O) groups excluding carboxylic acids is 1. The van der Waals surface area contributed by atoms with Crippen LogP contribution in [-0.4, -0.2) is 35.9 Å². The van der Waals surface area contributed by atoms with E-state index in [1.165, 1.54) is 0 Å². The van der Waals surface area contributed by atoms with Gasteiger partial charge in [-0.2, -0.15) is 5.26 Å². The molecular formula is C21H24N4O3. The van der Waals surface area contributed by atoms with Gasteiger partial charge in [-0.3, -0.25) is 0 Å². The highest BCUT2D eigenvalue weighted by Crippen LogP contribution is 2.44. The molecule has 0 aliphatic carbocycles. The molecule has 0 fully saturated rings. The Balaban J connectivity index is 2.09. The van der Waals surface area contributed by atoms with Gasteiger partial charge in [0.2, 0.25) is 0 Å². The maximum Gasteiger partial charge on any atom is 0.312 e. The molecule has 7 nitrogen and oxygen atoms in total. The monoisotopic (exact) mass is 380 g/mol. The maximum absolute atomic E-state index is 11.2. The van der Waals surface area contributed by atoms with Crippen LogP contribution in [0.25, 0.3) is 0 Å². The molecule has 2 unspecified atom stereocenters. The Hall–Kier alpha value is -3.24. The lowest BCUT2D eigenvalue weighted by atomic mass is 9.84. The minimum Gasteiger partial charge on any atom is -0.485 e. The Morgan fingerprint density at radius 2 is 2.04 bits per heavy atom. The fraction of sp³-hybridized carbons (Fsp3) is 0.333. The Morgan fingerprint density at radius 1 is 1.32 bits per heavy atom. The van der Waals surface area contributed by atoms with Crippen molar-refractivity contribution in [2.45, 2.75) is 31.6 Å². The van der Waals surface area contributed by atoms with Crippen LogP contribution in [0.4, 0.5) is 10.5 Å². The normalized spacial score (nSPS) is 19.6. The molecule has 2 aromatic carbocycles. The summed E-state index contributed by atoms with van der Waals surface area (Å²) in [7, 11) is 0. The lowest BCUT2D eigenvalue weighted by Crippen LogP contribution is -2.54. The second-order valence-corrected chi connectivity index (χ2v) is 7.28. The first-order chi connectivity index (χ1) is 13.3. The third-order valence-electron chi connectivity index (χ3n) is 4.92. The largest absolute Gasteiger partial charge is 0.485 e. The van der Waals surface area contributed by atoms with Gasteiger partial charge >= 0.3 is 6.03 Å². The van der Waals surface area contributed by atoms with Crippen molar-refractivity contribution < 1.29 is 14.6 Å². The van der Waals surface area contributed by atoms with E-state index in [1.54, 1.807) is 18.2 Å². The summed E-state index contributed by atoms with van der Waals surface area (Å²) >= 11 is 0. The van der Waals surface area contributed by atoms with Crippen LogP contribution in [0.3, 0.4) is 0 Å². The average Bonchev–Trinajstić information content (AvgIpc) is 2.67. The van der Waals surface area contributed by atoms with Crippen molar-refractivity contribution in [1.29, 1.82) is 5.26 Å². The van der Waals surface area contributed by atoms with Crippen molar-refractivity contribution in [3.63, 3.8) is 0 Å². The molecule has 146 valence electrons. The number of primary amides is 1. The number of fused-ring (bicyclic) bond motifs is 1. The number of benzene rings is 2. The van der Waals surface area contributed by atoms with Crippen LogP contribution in [0.2, 0.25) is 0 Å². The highest BCUT2D eigenvalue weighted by atomic mass is 16.5. The molecule has 1 aliphatic heterocycles. The summed E-state index contributed by atoms with van der Waals surface area (Å²) in [5, 5.41) is 23.1. The summed E-state index contributed by atoms with van der Waals surface area (Å²) in [5.41, 5.74) is 6.47. The first-order valence-electron chi connectivity index (χ1n) is 9.09. The number of para-hydroxylation sites is 1. The maximum atomic E-state index is 11.2. The smallest absolute Gasteiger partial charge is 0.312 e. The van der Waals surface area contributed by atoms with Crippen LogP contribution in [0.15, 0.2) is 48.5 Å². The van der Waals surface area contributed by atoms with Crippen molar-refractivity contribution in [2.24, 2.45) is 5.73 Å². The molecule has 28 heavy (non-hydrogen) atoms. The second kappa shape index (κ2) is 7.79. The summed E-state index contributed by atoms with van der Waals surface area (Å²) in [6, 6.07) is 15.9. The SMILES string of the molecule is CC1(C)Oc2ccc(C#N)cc2C(N(CCNC(N)=O)c2ccccc2)C1O. The van der Waals surface area contributed by atoms with Gasteiger partial charge in [-0.1, -0.05) is 18.2 Å². The van der Waals surface area contributed by atoms with Crippen LogP contribution < -0.4 is 20.7 Å². The standard InChI is InChI=1S/C21H24N4O3/c1-21(2)19(26)18(16-12-14(13-22)8-9-17(16)28-21)25(11-10-24-20(23)27)15-6-4-3-5-7-15/h3-9,12,18-19,26H,10-11H2,1-2H3,(H3,23,24,27). The molecule has 0 radical (unpaired) electrons. The number of nitrogens with two attached hydrogens (primary N) is 1. The summed E-state index contributed by atoms with van der Waals surface area (Å²) in [5.74, 6) is 0.628. The van der Waals surface area contributed by atoms with E-state index in [9.17, 15) is 15.2 Å². The van der Waals surface area contributed by atoms with Crippen molar-refractivity contribution in [3.8, 4) is 11.8 Å². The number of amides is 2. The molecule has 4 N–H and O–H groups in total. The number of hydrogen-bond donors (Lipinski definition) is 3. The van der Waals surface area contributed by atoms with Crippen LogP contribution in [-0.2, 0) is 0 Å². The van der Waals surface area contributed by atoms with Crippen LogP contribution in [0.1, 0.15) is 31.0 Å². The minimum absolute atomic E-state index is 0.308. The fourth-order valence-electron chi connectivity index (χ4n) is 3.52. The number of nitriles is 1. The molecule has 0 saturated carbocycles. The molecule has 2 atom stereocenters. The third-order valence-corrected chi connectivity index (χ3v) is 4.92. The Labute approximate surface area is 164 Å². The predicted molar refractivity (Wildman–Crippen MR) is 106 cm³/mol. The summed E-state index contributed by atoms with van der Waals surface area (Å²) in [6.45, 7) is 4.39. The van der Waals surface area contributed by atoms with Gasteiger partial charge in [0.05, 0.1) is 17.7 Å². The van der Waals surface area contributed by atoms with Gasteiger partial charge < -0.3 is 25.8 Å². The number of aliphatic hydroxyl groups excluding tert-OH is 1. The van der Waals surface area contributed by atoms with Gasteiger partial charge in [0.15, 0.2) is 0 Å². The van der Waals surface area contributed by atoms with E-state index >= 15 is 0 Å². The van der Waals surface area contributed by atoms with E-state index in [0.29, 0.717) is 24.4 Å². The van der Waals surface area contributed by atoms with Crippen molar-refractivity contribution in [2.75, 3.05) is 18.0 Å². The van der Waals surface area contributed by atoms with E-state index in [0.717, 1.165) is 11.3 Å². The summed E-state index contributed by atoms with van der Waals surface area (Å²) in [6.07, 6.45) is -0.872. The highest BCUT2D eigenvalue weighted by Gasteiger charge is 2.45. The average molecular weight is 380 g/mol. The molecule has 2 aromatic rings. The number of anilines is 1. The van der Waals surface area contributed by atoms with Gasteiger partial charge in [-0.25, -0.2) is 4.79 Å². The quantitative estimate of drug-likeness (QED) is 0.737. The third kappa shape index (κ3) is 3.87. The molecular weight excluding hydrogens is 356 g/mol. The van der Waals surface area contributed by atoms with Crippen molar-refractivity contribution >= 4 is 11.7 Å². The highest BCUT2D eigenvalue weighted by molar-refractivity contribution is 5.71. The van der Waals surface area contributed by atoms with E-state index in [4.69, 9.17) is 10.5 Å². The van der Waals surface area contributed by atoms with Gasteiger partial charge in [0.25, 0.3) is 0 Å². The van der Waals surface area contributed by atoms with E-state index in [-0.39, 0.29) is 0 Å². The number of urea groups is 1. The molecule has 0 aromatic heterocycles. The zero-order valence-electron chi connectivity index (χ0n) is 15.9. The predicted octanol–water partition coefficient (Wildman–Crippen LogP) is 2.31. The second-order valence-electron chi connectivity index (χ2n) is 7.28. The van der Waals surface area contributed by atoms with Gasteiger partial charge in [-0.15, -0.1) is 0 Å². The Kier molecular flexibility index (Phi) is 5.43. The number of rotatable bonds is 5. The topological polar surface area (TPSA) is 112 Å². The number of ether oxygens (including phenoxy) is 1. The molecule has 3 rings (SSSR count). The van der Waals surface area contributed by atoms with Crippen LogP contribution in [0.5, 0.6) is 5.75 Å². The van der Waals surface area contributed by atoms with Crippen LogP contribution in [0, 0.1) is 11.3 Å². The fourth-order valence-corrected chi connectivity index (χ4v) is 3.52. The lowest BCUT2D eigenvalue weighted by Gasteiger charge is -2.47. The molecule has 0 spiro atoms. The molecule has 1 heterocycles. The number of nitrogens with zero attached hydrogens (tertiary/aromatic N) is 2. The number of aliphatic hydroxyl groups is 1.